The molecule has 2 aliphatic rings. The molecule has 0 atom stereocenters. The van der Waals surface area contributed by atoms with Crippen molar-refractivity contribution in [1.29, 1.82) is 0 Å². The van der Waals surface area contributed by atoms with E-state index >= 15 is 0 Å². The summed E-state index contributed by atoms with van der Waals surface area (Å²) in [6.45, 7) is 0.919. The summed E-state index contributed by atoms with van der Waals surface area (Å²) in [4.78, 5) is 39.5. The van der Waals surface area contributed by atoms with Crippen molar-refractivity contribution >= 4 is 6.03 Å². The summed E-state index contributed by atoms with van der Waals surface area (Å²) in [7, 11) is 1.83. The summed E-state index contributed by atoms with van der Waals surface area (Å²) >= 11 is 0. The highest BCUT2D eigenvalue weighted by Gasteiger charge is 2.37. The number of nitrogens with zero attached hydrogens (tertiary/aromatic N) is 4. The van der Waals surface area contributed by atoms with Gasteiger partial charge in [-0.05, 0) is 24.3 Å². The van der Waals surface area contributed by atoms with Gasteiger partial charge in [0.1, 0.15) is 0 Å². The Morgan fingerprint density at radius 3 is 2.65 bits per heavy atom. The fourth-order valence-electron chi connectivity index (χ4n) is 3.73. The number of carbonyl (C=O) groups is 1. The first-order chi connectivity index (χ1) is 12.5. The molecule has 26 heavy (non-hydrogen) atoms. The lowest BCUT2D eigenvalue weighted by molar-refractivity contribution is 0.103. The predicted octanol–water partition coefficient (Wildman–Crippen LogP) is 0.745. The molecule has 2 aromatic rings. The van der Waals surface area contributed by atoms with Crippen LogP contribution in [0.15, 0.2) is 39.9 Å². The first-order valence-corrected chi connectivity index (χ1v) is 8.79. The lowest BCUT2D eigenvalue weighted by Gasteiger charge is -2.43. The van der Waals surface area contributed by atoms with Crippen LogP contribution in [0.3, 0.4) is 0 Å². The van der Waals surface area contributed by atoms with Crippen molar-refractivity contribution < 1.29 is 4.79 Å². The van der Waals surface area contributed by atoms with Gasteiger partial charge in [0.15, 0.2) is 5.82 Å². The van der Waals surface area contributed by atoms with Crippen molar-refractivity contribution in [2.45, 2.75) is 37.9 Å². The molecular formula is C18H21N5O3. The zero-order chi connectivity index (χ0) is 18.3. The first kappa shape index (κ1) is 16.6. The van der Waals surface area contributed by atoms with E-state index < -0.39 is 11.1 Å². The summed E-state index contributed by atoms with van der Waals surface area (Å²) < 4.78 is 1.34. The molecule has 1 aromatic heterocycles. The van der Waals surface area contributed by atoms with Crippen LogP contribution in [0.25, 0.3) is 0 Å². The van der Waals surface area contributed by atoms with Gasteiger partial charge in [-0.25, -0.2) is 9.89 Å². The Morgan fingerprint density at radius 1 is 1.19 bits per heavy atom. The molecule has 0 bridgehead atoms. The summed E-state index contributed by atoms with van der Waals surface area (Å²) in [5.41, 5.74) is -0.0174. The van der Waals surface area contributed by atoms with E-state index in [4.69, 9.17) is 0 Å². The Kier molecular flexibility index (Phi) is 4.10. The van der Waals surface area contributed by atoms with Gasteiger partial charge in [0.25, 0.3) is 0 Å². The molecule has 1 N–H and O–H groups in total. The van der Waals surface area contributed by atoms with E-state index in [9.17, 15) is 14.4 Å². The van der Waals surface area contributed by atoms with Crippen LogP contribution in [0, 0.1) is 0 Å². The number of aromatic nitrogens is 3. The maximum Gasteiger partial charge on any atom is 0.330 e. The number of hydrogen-bond acceptors (Lipinski definition) is 4. The largest absolute Gasteiger partial charge is 0.330 e. The van der Waals surface area contributed by atoms with Crippen LogP contribution in [0.5, 0.6) is 0 Å². The number of fused-ring (bicyclic) bond motifs is 1. The van der Waals surface area contributed by atoms with Crippen LogP contribution < -0.4 is 11.1 Å². The van der Waals surface area contributed by atoms with Crippen molar-refractivity contribution in [3.05, 3.63) is 62.4 Å². The van der Waals surface area contributed by atoms with Gasteiger partial charge in [-0.2, -0.15) is 5.10 Å². The molecule has 1 aromatic carbocycles. The Bertz CT molecular complexity index is 930. The van der Waals surface area contributed by atoms with Crippen LogP contribution in [-0.4, -0.2) is 50.2 Å². The molecule has 2 amide bonds. The van der Waals surface area contributed by atoms with Gasteiger partial charge in [-0.15, -0.1) is 0 Å². The van der Waals surface area contributed by atoms with Gasteiger partial charge >= 0.3 is 17.1 Å². The first-order valence-electron chi connectivity index (χ1n) is 8.79. The van der Waals surface area contributed by atoms with Crippen molar-refractivity contribution in [3.63, 3.8) is 0 Å². The van der Waals surface area contributed by atoms with E-state index in [2.05, 4.69) is 22.3 Å². The van der Waals surface area contributed by atoms with E-state index in [1.54, 1.807) is 9.80 Å². The SMILES string of the molecule is CN(C(=O)N1CCn2c(n[nH]c(=O)c2=O)C1)C1CC(c2ccccc2)C1. The minimum Gasteiger partial charge on any atom is -0.325 e. The molecule has 2 heterocycles. The topological polar surface area (TPSA) is 91.3 Å². The predicted molar refractivity (Wildman–Crippen MR) is 94.9 cm³/mol. The maximum absolute atomic E-state index is 12.8. The number of amides is 2. The van der Waals surface area contributed by atoms with Crippen molar-refractivity contribution in [2.75, 3.05) is 13.6 Å². The molecule has 1 fully saturated rings. The Hall–Kier alpha value is -2.90. The van der Waals surface area contributed by atoms with Gasteiger partial charge < -0.3 is 9.80 Å². The quantitative estimate of drug-likeness (QED) is 0.805. The van der Waals surface area contributed by atoms with Crippen LogP contribution >= 0.6 is 0 Å². The molecule has 0 saturated heterocycles. The third kappa shape index (κ3) is 2.81. The van der Waals surface area contributed by atoms with Gasteiger partial charge in [0, 0.05) is 26.2 Å². The molecular weight excluding hydrogens is 334 g/mol. The second kappa shape index (κ2) is 6.44. The number of H-pyrrole nitrogens is 1. The highest BCUT2D eigenvalue weighted by molar-refractivity contribution is 5.74. The van der Waals surface area contributed by atoms with Crippen LogP contribution in [0.1, 0.15) is 30.1 Å². The zero-order valence-corrected chi connectivity index (χ0v) is 14.6. The van der Waals surface area contributed by atoms with E-state index in [1.165, 1.54) is 10.1 Å². The third-order valence-electron chi connectivity index (χ3n) is 5.47. The molecule has 1 aliphatic heterocycles. The number of aromatic amines is 1. The molecule has 4 rings (SSSR count). The minimum absolute atomic E-state index is 0.0618. The number of benzene rings is 1. The smallest absolute Gasteiger partial charge is 0.325 e. The highest BCUT2D eigenvalue weighted by atomic mass is 16.2. The van der Waals surface area contributed by atoms with Gasteiger partial charge in [0.05, 0.1) is 6.54 Å². The van der Waals surface area contributed by atoms with Crippen LogP contribution in [-0.2, 0) is 13.1 Å². The average molecular weight is 355 g/mol. The zero-order valence-electron chi connectivity index (χ0n) is 14.6. The number of carbonyl (C=O) groups excluding carboxylic acids is 1. The monoisotopic (exact) mass is 355 g/mol. The van der Waals surface area contributed by atoms with Crippen molar-refractivity contribution in [2.24, 2.45) is 0 Å². The molecule has 8 nitrogen and oxygen atoms in total. The Labute approximate surface area is 150 Å². The van der Waals surface area contributed by atoms with Gasteiger partial charge in [-0.3, -0.25) is 14.2 Å². The molecule has 1 saturated carbocycles. The number of nitrogens with one attached hydrogen (secondary N) is 1. The third-order valence-corrected chi connectivity index (χ3v) is 5.47. The second-order valence-corrected chi connectivity index (χ2v) is 6.97. The molecule has 1 aliphatic carbocycles. The van der Waals surface area contributed by atoms with Crippen LogP contribution in [0.4, 0.5) is 4.79 Å². The summed E-state index contributed by atoms with van der Waals surface area (Å²) in [5.74, 6) is 0.919. The summed E-state index contributed by atoms with van der Waals surface area (Å²) in [6, 6.07) is 10.5. The van der Waals surface area contributed by atoms with Crippen LogP contribution in [0.2, 0.25) is 0 Å². The second-order valence-electron chi connectivity index (χ2n) is 6.97. The van der Waals surface area contributed by atoms with Gasteiger partial charge in [-0.1, -0.05) is 30.3 Å². The minimum atomic E-state index is -0.730. The van der Waals surface area contributed by atoms with E-state index in [0.717, 1.165) is 12.8 Å². The standard InChI is InChI=1S/C18H21N5O3/c1-21(14-9-13(10-14)12-5-3-2-4-6-12)18(26)22-7-8-23-15(11-22)19-20-16(24)17(23)25/h2-6,13-14H,7-11H2,1H3,(H,20,24). The fraction of sp³-hybridized carbons (Fsp3) is 0.444. The highest BCUT2D eigenvalue weighted by Crippen LogP contribution is 2.39. The molecule has 8 heteroatoms. The Morgan fingerprint density at radius 2 is 1.92 bits per heavy atom. The molecule has 0 spiro atoms. The van der Waals surface area contributed by atoms with E-state index in [0.29, 0.717) is 24.8 Å². The average Bonchev–Trinajstić information content (AvgIpc) is 2.63. The summed E-state index contributed by atoms with van der Waals surface area (Å²) in [6.07, 6.45) is 1.92. The summed E-state index contributed by atoms with van der Waals surface area (Å²) in [5, 5.41) is 6.11. The van der Waals surface area contributed by atoms with Crippen molar-refractivity contribution in [1.82, 2.24) is 24.6 Å². The molecule has 0 unspecified atom stereocenters. The van der Waals surface area contributed by atoms with Crippen molar-refractivity contribution in [3.8, 4) is 0 Å². The van der Waals surface area contributed by atoms with E-state index in [1.807, 2.05) is 25.2 Å². The lowest BCUT2D eigenvalue weighted by atomic mass is 9.75. The molecule has 136 valence electrons. The molecule has 0 radical (unpaired) electrons. The lowest BCUT2D eigenvalue weighted by Crippen LogP contribution is -2.53. The van der Waals surface area contributed by atoms with Gasteiger partial charge in [0.2, 0.25) is 0 Å². The number of urea groups is 1. The Balaban J connectivity index is 1.40. The fourth-order valence-corrected chi connectivity index (χ4v) is 3.73. The maximum atomic E-state index is 12.8. The van der Waals surface area contributed by atoms with E-state index in [-0.39, 0.29) is 18.6 Å². The number of rotatable bonds is 2. The number of hydrogen-bond donors (Lipinski definition) is 1. The normalized spacial score (nSPS) is 21.7.